The van der Waals surface area contributed by atoms with Crippen LogP contribution in [0.25, 0.3) is 11.0 Å². The number of anilines is 1. The SMILES string of the molecule is Cc1cc(C(=O)N2CCCN(c3cccc(F)c3F)CC2)c2c(C)[nH]nc2n1. The summed E-state index contributed by atoms with van der Waals surface area (Å²) >= 11 is 0. The third kappa shape index (κ3) is 3.19. The maximum atomic E-state index is 14.2. The van der Waals surface area contributed by atoms with E-state index in [0.29, 0.717) is 43.8 Å². The largest absolute Gasteiger partial charge is 0.367 e. The predicted molar refractivity (Wildman–Crippen MR) is 102 cm³/mol. The summed E-state index contributed by atoms with van der Waals surface area (Å²) in [6.45, 7) is 5.65. The molecule has 1 aromatic carbocycles. The van der Waals surface area contributed by atoms with Crippen LogP contribution in [0.1, 0.15) is 28.2 Å². The highest BCUT2D eigenvalue weighted by Gasteiger charge is 2.25. The van der Waals surface area contributed by atoms with E-state index in [1.165, 1.54) is 6.07 Å². The minimum atomic E-state index is -0.861. The summed E-state index contributed by atoms with van der Waals surface area (Å²) in [5.41, 5.74) is 2.85. The Balaban J connectivity index is 1.59. The molecule has 1 fully saturated rings. The van der Waals surface area contributed by atoms with E-state index in [9.17, 15) is 13.6 Å². The van der Waals surface area contributed by atoms with Gasteiger partial charge in [0.15, 0.2) is 17.3 Å². The van der Waals surface area contributed by atoms with Gasteiger partial charge in [-0.05, 0) is 38.5 Å². The van der Waals surface area contributed by atoms with E-state index in [1.807, 2.05) is 13.8 Å². The minimum Gasteiger partial charge on any atom is -0.367 e. The van der Waals surface area contributed by atoms with Gasteiger partial charge in [-0.2, -0.15) is 5.10 Å². The van der Waals surface area contributed by atoms with Crippen molar-refractivity contribution in [1.29, 1.82) is 0 Å². The van der Waals surface area contributed by atoms with Crippen LogP contribution in [-0.4, -0.2) is 52.2 Å². The van der Waals surface area contributed by atoms with E-state index in [0.717, 1.165) is 22.8 Å². The monoisotopic (exact) mass is 385 g/mol. The highest BCUT2D eigenvalue weighted by molar-refractivity contribution is 6.06. The topological polar surface area (TPSA) is 65.1 Å². The summed E-state index contributed by atoms with van der Waals surface area (Å²) in [4.78, 5) is 21.2. The van der Waals surface area contributed by atoms with Crippen molar-refractivity contribution in [2.24, 2.45) is 0 Å². The smallest absolute Gasteiger partial charge is 0.254 e. The van der Waals surface area contributed by atoms with E-state index in [1.54, 1.807) is 21.9 Å². The van der Waals surface area contributed by atoms with Crippen molar-refractivity contribution in [1.82, 2.24) is 20.1 Å². The number of carbonyl (C=O) groups excluding carboxylic acids is 1. The van der Waals surface area contributed by atoms with Crippen molar-refractivity contribution in [3.8, 4) is 0 Å². The van der Waals surface area contributed by atoms with Crippen LogP contribution in [0.4, 0.5) is 14.5 Å². The third-order valence-electron chi connectivity index (χ3n) is 5.12. The van der Waals surface area contributed by atoms with Gasteiger partial charge in [-0.1, -0.05) is 6.07 Å². The first kappa shape index (κ1) is 18.3. The van der Waals surface area contributed by atoms with Gasteiger partial charge in [-0.25, -0.2) is 13.8 Å². The number of pyridine rings is 1. The Labute approximate surface area is 161 Å². The van der Waals surface area contributed by atoms with E-state index in [-0.39, 0.29) is 11.6 Å². The number of nitrogens with one attached hydrogen (secondary N) is 1. The quantitative estimate of drug-likeness (QED) is 0.736. The van der Waals surface area contributed by atoms with Crippen LogP contribution in [0.2, 0.25) is 0 Å². The normalized spacial score (nSPS) is 15.1. The van der Waals surface area contributed by atoms with Gasteiger partial charge in [0.2, 0.25) is 0 Å². The van der Waals surface area contributed by atoms with Crippen molar-refractivity contribution < 1.29 is 13.6 Å². The Morgan fingerprint density at radius 1 is 1.14 bits per heavy atom. The van der Waals surface area contributed by atoms with E-state index >= 15 is 0 Å². The first-order valence-corrected chi connectivity index (χ1v) is 9.26. The average Bonchev–Trinajstić information content (AvgIpc) is 2.89. The Kier molecular flexibility index (Phi) is 4.70. The van der Waals surface area contributed by atoms with E-state index < -0.39 is 11.6 Å². The number of fused-ring (bicyclic) bond motifs is 1. The van der Waals surface area contributed by atoms with Crippen molar-refractivity contribution >= 4 is 22.6 Å². The molecule has 2 aromatic heterocycles. The molecule has 6 nitrogen and oxygen atoms in total. The lowest BCUT2D eigenvalue weighted by Gasteiger charge is -2.24. The zero-order valence-electron chi connectivity index (χ0n) is 15.8. The molecule has 0 spiro atoms. The number of aromatic nitrogens is 3. The molecule has 1 amide bonds. The van der Waals surface area contributed by atoms with Crippen LogP contribution in [-0.2, 0) is 0 Å². The number of hydrogen-bond donors (Lipinski definition) is 1. The van der Waals surface area contributed by atoms with Gasteiger partial charge in [0.05, 0.1) is 16.6 Å². The van der Waals surface area contributed by atoms with Gasteiger partial charge >= 0.3 is 0 Å². The lowest BCUT2D eigenvalue weighted by atomic mass is 10.1. The lowest BCUT2D eigenvalue weighted by molar-refractivity contribution is 0.0768. The first-order chi connectivity index (χ1) is 13.5. The van der Waals surface area contributed by atoms with Crippen LogP contribution >= 0.6 is 0 Å². The standard InChI is InChI=1S/C20H21F2N5O/c1-12-11-14(17-13(2)24-25-19(17)23-12)20(28)27-8-4-7-26(9-10-27)16-6-3-5-15(21)18(16)22/h3,5-6,11H,4,7-10H2,1-2H3,(H,23,24,25). The van der Waals surface area contributed by atoms with Crippen LogP contribution in [0.3, 0.4) is 0 Å². The Morgan fingerprint density at radius 2 is 1.96 bits per heavy atom. The second-order valence-corrected chi connectivity index (χ2v) is 7.06. The zero-order chi connectivity index (χ0) is 19.8. The van der Waals surface area contributed by atoms with Crippen LogP contribution in [0, 0.1) is 25.5 Å². The van der Waals surface area contributed by atoms with Crippen molar-refractivity contribution in [3.05, 3.63) is 52.9 Å². The molecule has 1 N–H and O–H groups in total. The molecule has 1 saturated heterocycles. The Hall–Kier alpha value is -3.03. The molecule has 1 aliphatic heterocycles. The fourth-order valence-corrected chi connectivity index (χ4v) is 3.74. The van der Waals surface area contributed by atoms with Crippen LogP contribution < -0.4 is 4.90 Å². The van der Waals surface area contributed by atoms with Crippen molar-refractivity contribution in [3.63, 3.8) is 0 Å². The van der Waals surface area contributed by atoms with E-state index in [2.05, 4.69) is 15.2 Å². The van der Waals surface area contributed by atoms with Gasteiger partial charge in [-0.15, -0.1) is 0 Å². The molecule has 1 aliphatic rings. The molecule has 0 radical (unpaired) electrons. The highest BCUT2D eigenvalue weighted by atomic mass is 19.2. The molecular weight excluding hydrogens is 364 g/mol. The maximum Gasteiger partial charge on any atom is 0.254 e. The zero-order valence-corrected chi connectivity index (χ0v) is 15.8. The Morgan fingerprint density at radius 3 is 2.79 bits per heavy atom. The molecule has 28 heavy (non-hydrogen) atoms. The predicted octanol–water partition coefficient (Wildman–Crippen LogP) is 3.21. The van der Waals surface area contributed by atoms with Crippen LogP contribution in [0.15, 0.2) is 24.3 Å². The molecule has 8 heteroatoms. The summed E-state index contributed by atoms with van der Waals surface area (Å²) in [7, 11) is 0. The van der Waals surface area contributed by atoms with E-state index in [4.69, 9.17) is 0 Å². The number of benzene rings is 1. The Bertz CT molecular complexity index is 1050. The number of hydrogen-bond acceptors (Lipinski definition) is 4. The molecule has 146 valence electrons. The number of carbonyl (C=O) groups is 1. The molecule has 0 atom stereocenters. The van der Waals surface area contributed by atoms with Gasteiger partial charge in [0.1, 0.15) is 0 Å². The van der Waals surface area contributed by atoms with Gasteiger partial charge < -0.3 is 9.80 Å². The fraction of sp³-hybridized carbons (Fsp3) is 0.350. The summed E-state index contributed by atoms with van der Waals surface area (Å²) in [5, 5.41) is 7.78. The molecule has 0 saturated carbocycles. The second-order valence-electron chi connectivity index (χ2n) is 7.06. The van der Waals surface area contributed by atoms with Crippen molar-refractivity contribution in [2.75, 3.05) is 31.1 Å². The number of nitrogens with zero attached hydrogens (tertiary/aromatic N) is 4. The van der Waals surface area contributed by atoms with Crippen LogP contribution in [0.5, 0.6) is 0 Å². The molecule has 0 bridgehead atoms. The summed E-state index contributed by atoms with van der Waals surface area (Å²) in [6.07, 6.45) is 0.666. The second kappa shape index (κ2) is 7.18. The number of halogens is 2. The first-order valence-electron chi connectivity index (χ1n) is 9.26. The summed E-state index contributed by atoms with van der Waals surface area (Å²) in [5.74, 6) is -1.80. The number of H-pyrrole nitrogens is 1. The summed E-state index contributed by atoms with van der Waals surface area (Å²) in [6, 6.07) is 5.96. The molecule has 4 rings (SSSR count). The number of amides is 1. The van der Waals surface area contributed by atoms with Gasteiger partial charge in [-0.3, -0.25) is 9.89 Å². The number of aryl methyl sites for hydroxylation is 2. The molecular formula is C20H21F2N5O. The molecule has 3 aromatic rings. The maximum absolute atomic E-state index is 14.2. The number of aromatic amines is 1. The summed E-state index contributed by atoms with van der Waals surface area (Å²) < 4.78 is 27.7. The van der Waals surface area contributed by atoms with Gasteiger partial charge in [0.25, 0.3) is 5.91 Å². The fourth-order valence-electron chi connectivity index (χ4n) is 3.74. The molecule has 3 heterocycles. The molecule has 0 unspecified atom stereocenters. The lowest BCUT2D eigenvalue weighted by Crippen LogP contribution is -2.35. The van der Waals surface area contributed by atoms with Crippen molar-refractivity contribution in [2.45, 2.75) is 20.3 Å². The average molecular weight is 385 g/mol. The number of rotatable bonds is 2. The molecule has 0 aliphatic carbocycles. The third-order valence-corrected chi connectivity index (χ3v) is 5.12. The minimum absolute atomic E-state index is 0.0958. The highest BCUT2D eigenvalue weighted by Crippen LogP contribution is 2.25. The van der Waals surface area contributed by atoms with Gasteiger partial charge in [0, 0.05) is 37.6 Å².